The Bertz CT molecular complexity index is 175. The van der Waals surface area contributed by atoms with Gasteiger partial charge in [0, 0.05) is 4.91 Å². The standard InChI is InChI=1S/C6H11N3O2/c1-3-4-5(8-9-7)6(10)11-2/h5H,3-4H2,1-2H3. The van der Waals surface area contributed by atoms with Crippen LogP contribution in [-0.4, -0.2) is 19.1 Å². The lowest BCUT2D eigenvalue weighted by Gasteiger charge is -2.05. The van der Waals surface area contributed by atoms with Crippen LogP contribution in [0.5, 0.6) is 0 Å². The number of azide groups is 1. The Balaban J connectivity index is 4.08. The zero-order chi connectivity index (χ0) is 8.69. The average molecular weight is 157 g/mol. The monoisotopic (exact) mass is 157 g/mol. The Morgan fingerprint density at radius 3 is 2.82 bits per heavy atom. The van der Waals surface area contributed by atoms with E-state index >= 15 is 0 Å². The van der Waals surface area contributed by atoms with E-state index in [0.717, 1.165) is 6.42 Å². The highest BCUT2D eigenvalue weighted by atomic mass is 16.5. The van der Waals surface area contributed by atoms with Crippen molar-refractivity contribution in [1.29, 1.82) is 0 Å². The third-order valence-corrected chi connectivity index (χ3v) is 1.23. The first-order valence-corrected chi connectivity index (χ1v) is 3.38. The van der Waals surface area contributed by atoms with E-state index in [1.807, 2.05) is 6.92 Å². The first-order valence-electron chi connectivity index (χ1n) is 3.38. The molecule has 0 saturated heterocycles. The van der Waals surface area contributed by atoms with Crippen molar-refractivity contribution in [3.8, 4) is 0 Å². The van der Waals surface area contributed by atoms with E-state index in [9.17, 15) is 4.79 Å². The fourth-order valence-corrected chi connectivity index (χ4v) is 0.695. The molecule has 0 aliphatic heterocycles. The van der Waals surface area contributed by atoms with Gasteiger partial charge in [0.15, 0.2) is 0 Å². The third kappa shape index (κ3) is 3.47. The van der Waals surface area contributed by atoms with Gasteiger partial charge in [0.25, 0.3) is 0 Å². The van der Waals surface area contributed by atoms with Crippen LogP contribution in [0.3, 0.4) is 0 Å². The molecule has 0 radical (unpaired) electrons. The Hall–Kier alpha value is -1.22. The molecule has 0 aromatic heterocycles. The van der Waals surface area contributed by atoms with Crippen LogP contribution in [0.25, 0.3) is 10.4 Å². The van der Waals surface area contributed by atoms with E-state index in [0.29, 0.717) is 6.42 Å². The fraction of sp³-hybridized carbons (Fsp3) is 0.833. The summed E-state index contributed by atoms with van der Waals surface area (Å²) < 4.78 is 4.41. The van der Waals surface area contributed by atoms with Gasteiger partial charge < -0.3 is 4.74 Å². The van der Waals surface area contributed by atoms with Gasteiger partial charge in [-0.1, -0.05) is 18.5 Å². The number of nitrogens with zero attached hydrogens (tertiary/aromatic N) is 3. The van der Waals surface area contributed by atoms with Gasteiger partial charge >= 0.3 is 5.97 Å². The molecule has 1 atom stereocenters. The maximum absolute atomic E-state index is 10.8. The lowest BCUT2D eigenvalue weighted by molar-refractivity contribution is -0.142. The molecule has 0 heterocycles. The summed E-state index contributed by atoms with van der Waals surface area (Å²) in [6.45, 7) is 1.91. The van der Waals surface area contributed by atoms with Crippen LogP contribution in [0.1, 0.15) is 19.8 Å². The zero-order valence-corrected chi connectivity index (χ0v) is 6.65. The van der Waals surface area contributed by atoms with Gasteiger partial charge in [-0.05, 0) is 12.0 Å². The summed E-state index contributed by atoms with van der Waals surface area (Å²) in [5.41, 5.74) is 8.06. The van der Waals surface area contributed by atoms with Crippen LogP contribution < -0.4 is 0 Å². The molecule has 0 spiro atoms. The number of esters is 1. The van der Waals surface area contributed by atoms with Gasteiger partial charge in [-0.3, -0.25) is 4.79 Å². The number of carbonyl (C=O) groups excluding carboxylic acids is 1. The van der Waals surface area contributed by atoms with E-state index in [1.54, 1.807) is 0 Å². The molecule has 0 aliphatic carbocycles. The van der Waals surface area contributed by atoms with Crippen molar-refractivity contribution in [3.63, 3.8) is 0 Å². The summed E-state index contributed by atoms with van der Waals surface area (Å²) in [5, 5.41) is 3.29. The van der Waals surface area contributed by atoms with Crippen LogP contribution >= 0.6 is 0 Å². The molecule has 0 saturated carbocycles. The number of rotatable bonds is 4. The Morgan fingerprint density at radius 2 is 2.45 bits per heavy atom. The predicted octanol–water partition coefficient (Wildman–Crippen LogP) is 1.64. The molecule has 0 rings (SSSR count). The summed E-state index contributed by atoms with van der Waals surface area (Å²) in [4.78, 5) is 13.4. The van der Waals surface area contributed by atoms with Crippen LogP contribution in [0.2, 0.25) is 0 Å². The van der Waals surface area contributed by atoms with Crippen molar-refractivity contribution < 1.29 is 9.53 Å². The highest BCUT2D eigenvalue weighted by Gasteiger charge is 2.15. The number of hydrogen-bond acceptors (Lipinski definition) is 3. The van der Waals surface area contributed by atoms with Crippen molar-refractivity contribution in [1.82, 2.24) is 0 Å². The van der Waals surface area contributed by atoms with Crippen LogP contribution in [0.4, 0.5) is 0 Å². The first kappa shape index (κ1) is 9.78. The van der Waals surface area contributed by atoms with Gasteiger partial charge in [-0.15, -0.1) is 0 Å². The lowest BCUT2D eigenvalue weighted by Crippen LogP contribution is -2.18. The van der Waals surface area contributed by atoms with Gasteiger partial charge in [-0.25, -0.2) is 0 Å². The minimum Gasteiger partial charge on any atom is -0.469 e. The molecular formula is C6H11N3O2. The summed E-state index contributed by atoms with van der Waals surface area (Å²) in [6, 6.07) is -0.657. The molecule has 0 bridgehead atoms. The highest BCUT2D eigenvalue weighted by molar-refractivity contribution is 5.75. The van der Waals surface area contributed by atoms with Crippen molar-refractivity contribution in [2.45, 2.75) is 25.8 Å². The van der Waals surface area contributed by atoms with Crippen molar-refractivity contribution in [2.75, 3.05) is 7.11 Å². The Kier molecular flexibility index (Phi) is 4.94. The van der Waals surface area contributed by atoms with E-state index < -0.39 is 12.0 Å². The zero-order valence-electron chi connectivity index (χ0n) is 6.65. The summed E-state index contributed by atoms with van der Waals surface area (Å²) in [7, 11) is 1.28. The van der Waals surface area contributed by atoms with Crippen molar-refractivity contribution >= 4 is 5.97 Å². The molecule has 62 valence electrons. The number of methoxy groups -OCH3 is 1. The predicted molar refractivity (Wildman–Crippen MR) is 39.9 cm³/mol. The molecular weight excluding hydrogens is 146 g/mol. The average Bonchev–Trinajstić information content (AvgIpc) is 2.03. The molecule has 0 amide bonds. The van der Waals surface area contributed by atoms with Gasteiger partial charge in [0.05, 0.1) is 7.11 Å². The summed E-state index contributed by atoms with van der Waals surface area (Å²) >= 11 is 0. The van der Waals surface area contributed by atoms with E-state index in [-0.39, 0.29) is 0 Å². The Labute approximate surface area is 65.0 Å². The normalized spacial score (nSPS) is 11.5. The second kappa shape index (κ2) is 5.56. The second-order valence-electron chi connectivity index (χ2n) is 2.03. The lowest BCUT2D eigenvalue weighted by atomic mass is 10.2. The quantitative estimate of drug-likeness (QED) is 0.269. The van der Waals surface area contributed by atoms with E-state index in [2.05, 4.69) is 14.8 Å². The number of ether oxygens (including phenoxy) is 1. The summed E-state index contributed by atoms with van der Waals surface area (Å²) in [5.74, 6) is -0.468. The molecule has 5 heteroatoms. The molecule has 0 fully saturated rings. The maximum Gasteiger partial charge on any atom is 0.314 e. The Morgan fingerprint density at radius 1 is 1.82 bits per heavy atom. The number of carbonyl (C=O) groups is 1. The van der Waals surface area contributed by atoms with Gasteiger partial charge in [-0.2, -0.15) is 0 Å². The molecule has 0 aromatic carbocycles. The largest absolute Gasteiger partial charge is 0.469 e. The maximum atomic E-state index is 10.8. The van der Waals surface area contributed by atoms with Crippen LogP contribution in [-0.2, 0) is 9.53 Å². The second-order valence-corrected chi connectivity index (χ2v) is 2.03. The summed E-state index contributed by atoms with van der Waals surface area (Å²) in [6.07, 6.45) is 1.33. The smallest absolute Gasteiger partial charge is 0.314 e. The van der Waals surface area contributed by atoms with Crippen molar-refractivity contribution in [2.24, 2.45) is 5.11 Å². The number of hydrogen-bond donors (Lipinski definition) is 0. The molecule has 0 N–H and O–H groups in total. The third-order valence-electron chi connectivity index (χ3n) is 1.23. The highest BCUT2D eigenvalue weighted by Crippen LogP contribution is 2.03. The van der Waals surface area contributed by atoms with Gasteiger partial charge in [0.1, 0.15) is 6.04 Å². The minimum atomic E-state index is -0.657. The first-order chi connectivity index (χ1) is 5.26. The van der Waals surface area contributed by atoms with E-state index in [1.165, 1.54) is 7.11 Å². The van der Waals surface area contributed by atoms with Crippen LogP contribution in [0, 0.1) is 0 Å². The van der Waals surface area contributed by atoms with E-state index in [4.69, 9.17) is 5.53 Å². The molecule has 0 aromatic rings. The van der Waals surface area contributed by atoms with Gasteiger partial charge in [0.2, 0.25) is 0 Å². The molecule has 5 nitrogen and oxygen atoms in total. The molecule has 11 heavy (non-hydrogen) atoms. The molecule has 0 aliphatic rings. The topological polar surface area (TPSA) is 75.1 Å². The molecule has 1 unspecified atom stereocenters. The fourth-order valence-electron chi connectivity index (χ4n) is 0.695. The van der Waals surface area contributed by atoms with Crippen LogP contribution in [0.15, 0.2) is 5.11 Å². The SMILES string of the molecule is CCCC(N=[N+]=[N-])C(=O)OC. The minimum absolute atomic E-state index is 0.468. The van der Waals surface area contributed by atoms with Crippen molar-refractivity contribution in [3.05, 3.63) is 10.4 Å².